The van der Waals surface area contributed by atoms with Crippen LogP contribution in [0.15, 0.2) is 18.2 Å². The van der Waals surface area contributed by atoms with E-state index in [2.05, 4.69) is 18.7 Å². The van der Waals surface area contributed by atoms with Gasteiger partial charge in [-0.05, 0) is 24.1 Å². The first kappa shape index (κ1) is 15.9. The summed E-state index contributed by atoms with van der Waals surface area (Å²) in [5, 5.41) is 1.08. The minimum Gasteiger partial charge on any atom is -0.497 e. The number of benzene rings is 1. The molecular formula is C15H23NO2S2. The van der Waals surface area contributed by atoms with Crippen molar-refractivity contribution in [3.8, 4) is 11.5 Å². The van der Waals surface area contributed by atoms with Crippen LogP contribution >= 0.6 is 23.5 Å². The summed E-state index contributed by atoms with van der Waals surface area (Å²) in [5.41, 5.74) is 7.63. The summed E-state index contributed by atoms with van der Waals surface area (Å²) in [7, 11) is 3.34. The van der Waals surface area contributed by atoms with Crippen molar-refractivity contribution in [3.63, 3.8) is 0 Å². The molecule has 0 bridgehead atoms. The average Bonchev–Trinajstić information content (AvgIpc) is 2.53. The van der Waals surface area contributed by atoms with Gasteiger partial charge in [0.15, 0.2) is 0 Å². The van der Waals surface area contributed by atoms with Gasteiger partial charge in [0.2, 0.25) is 0 Å². The molecule has 0 saturated carbocycles. The minimum absolute atomic E-state index is 0.0155. The monoisotopic (exact) mass is 313 g/mol. The SMILES string of the molecule is CCC1SCCSC1C(N)c1cc(OC)cc(OC)c1. The molecule has 1 aromatic rings. The zero-order chi connectivity index (χ0) is 14.5. The van der Waals surface area contributed by atoms with Crippen LogP contribution in [-0.2, 0) is 0 Å². The molecule has 0 aromatic heterocycles. The Balaban J connectivity index is 2.24. The highest BCUT2D eigenvalue weighted by Crippen LogP contribution is 2.40. The number of hydrogen-bond acceptors (Lipinski definition) is 5. The summed E-state index contributed by atoms with van der Waals surface area (Å²) in [6.07, 6.45) is 1.16. The second kappa shape index (κ2) is 7.48. The normalized spacial score (nSPS) is 24.2. The van der Waals surface area contributed by atoms with Crippen molar-refractivity contribution in [1.29, 1.82) is 0 Å². The van der Waals surface area contributed by atoms with Gasteiger partial charge in [-0.15, -0.1) is 0 Å². The Hall–Kier alpha value is -0.520. The van der Waals surface area contributed by atoms with Crippen LogP contribution in [0.1, 0.15) is 24.9 Å². The zero-order valence-corrected chi connectivity index (χ0v) is 13.9. The third-order valence-electron chi connectivity index (χ3n) is 3.61. The molecule has 1 aliphatic heterocycles. The van der Waals surface area contributed by atoms with Gasteiger partial charge in [0.25, 0.3) is 0 Å². The standard InChI is InChI=1S/C15H23NO2S2/c1-4-13-15(20-6-5-19-13)14(16)10-7-11(17-2)9-12(8-10)18-3/h7-9,13-15H,4-6,16H2,1-3H3. The van der Waals surface area contributed by atoms with Gasteiger partial charge >= 0.3 is 0 Å². The van der Waals surface area contributed by atoms with Crippen LogP contribution in [0.25, 0.3) is 0 Å². The quantitative estimate of drug-likeness (QED) is 0.903. The predicted molar refractivity (Wildman–Crippen MR) is 89.3 cm³/mol. The van der Waals surface area contributed by atoms with Crippen molar-refractivity contribution in [1.82, 2.24) is 0 Å². The Morgan fingerprint density at radius 3 is 2.30 bits per heavy atom. The smallest absolute Gasteiger partial charge is 0.122 e. The number of ether oxygens (including phenoxy) is 2. The van der Waals surface area contributed by atoms with E-state index in [4.69, 9.17) is 15.2 Å². The van der Waals surface area contributed by atoms with E-state index in [1.54, 1.807) is 14.2 Å². The lowest BCUT2D eigenvalue weighted by molar-refractivity contribution is 0.392. The minimum atomic E-state index is 0.0155. The molecule has 3 atom stereocenters. The molecule has 1 aliphatic rings. The van der Waals surface area contributed by atoms with Crippen LogP contribution in [0.2, 0.25) is 0 Å². The Morgan fingerprint density at radius 2 is 1.75 bits per heavy atom. The van der Waals surface area contributed by atoms with Gasteiger partial charge in [0.1, 0.15) is 11.5 Å². The number of rotatable bonds is 5. The van der Waals surface area contributed by atoms with Crippen molar-refractivity contribution in [3.05, 3.63) is 23.8 Å². The predicted octanol–water partition coefficient (Wildman–Crippen LogP) is 3.33. The summed E-state index contributed by atoms with van der Waals surface area (Å²) in [6, 6.07) is 5.96. The van der Waals surface area contributed by atoms with Crippen LogP contribution in [0, 0.1) is 0 Å². The average molecular weight is 313 g/mol. The molecule has 5 heteroatoms. The number of methoxy groups -OCH3 is 2. The maximum atomic E-state index is 6.54. The van der Waals surface area contributed by atoms with E-state index in [0.717, 1.165) is 23.5 Å². The number of nitrogens with two attached hydrogens (primary N) is 1. The molecule has 3 unspecified atom stereocenters. The van der Waals surface area contributed by atoms with Gasteiger partial charge in [-0.2, -0.15) is 23.5 Å². The van der Waals surface area contributed by atoms with Crippen LogP contribution in [0.5, 0.6) is 11.5 Å². The summed E-state index contributed by atoms with van der Waals surface area (Å²) in [4.78, 5) is 0. The fourth-order valence-electron chi connectivity index (χ4n) is 2.48. The van der Waals surface area contributed by atoms with Crippen molar-refractivity contribution < 1.29 is 9.47 Å². The molecule has 3 nitrogen and oxygen atoms in total. The molecule has 0 radical (unpaired) electrons. The second-order valence-electron chi connectivity index (χ2n) is 4.82. The largest absolute Gasteiger partial charge is 0.497 e. The third kappa shape index (κ3) is 3.57. The number of hydrogen-bond donors (Lipinski definition) is 1. The maximum Gasteiger partial charge on any atom is 0.122 e. The highest BCUT2D eigenvalue weighted by atomic mass is 32.2. The molecule has 1 saturated heterocycles. The van der Waals surface area contributed by atoms with Crippen molar-refractivity contribution in [2.24, 2.45) is 5.73 Å². The molecule has 0 spiro atoms. The van der Waals surface area contributed by atoms with Gasteiger partial charge in [-0.3, -0.25) is 0 Å². The Morgan fingerprint density at radius 1 is 1.15 bits per heavy atom. The Kier molecular flexibility index (Phi) is 5.93. The van der Waals surface area contributed by atoms with Gasteiger partial charge in [0.05, 0.1) is 14.2 Å². The first-order valence-electron chi connectivity index (χ1n) is 6.91. The van der Waals surface area contributed by atoms with Gasteiger partial charge < -0.3 is 15.2 Å². The van der Waals surface area contributed by atoms with Gasteiger partial charge in [-0.1, -0.05) is 6.92 Å². The molecule has 0 amide bonds. The molecule has 1 fully saturated rings. The van der Waals surface area contributed by atoms with Crippen molar-refractivity contribution >= 4 is 23.5 Å². The van der Waals surface area contributed by atoms with E-state index in [1.165, 1.54) is 11.5 Å². The second-order valence-corrected chi connectivity index (χ2v) is 7.46. The van der Waals surface area contributed by atoms with Crippen LogP contribution in [0.4, 0.5) is 0 Å². The van der Waals surface area contributed by atoms with Crippen molar-refractivity contribution in [2.45, 2.75) is 29.9 Å². The van der Waals surface area contributed by atoms with E-state index < -0.39 is 0 Å². The lowest BCUT2D eigenvalue weighted by atomic mass is 10.0. The first-order valence-corrected chi connectivity index (χ1v) is 9.01. The highest BCUT2D eigenvalue weighted by Gasteiger charge is 2.31. The fraction of sp³-hybridized carbons (Fsp3) is 0.600. The Labute approximate surface area is 130 Å². The lowest BCUT2D eigenvalue weighted by Gasteiger charge is -2.34. The number of thioether (sulfide) groups is 2. The molecule has 2 N–H and O–H groups in total. The summed E-state index contributed by atoms with van der Waals surface area (Å²) >= 11 is 4.05. The first-order chi connectivity index (χ1) is 9.69. The molecule has 20 heavy (non-hydrogen) atoms. The molecule has 1 heterocycles. The van der Waals surface area contributed by atoms with Gasteiger partial charge in [-0.25, -0.2) is 0 Å². The molecule has 112 valence electrons. The van der Waals surface area contributed by atoms with Crippen LogP contribution < -0.4 is 15.2 Å². The molecule has 1 aromatic carbocycles. The van der Waals surface area contributed by atoms with E-state index in [9.17, 15) is 0 Å². The highest BCUT2D eigenvalue weighted by molar-refractivity contribution is 8.07. The van der Waals surface area contributed by atoms with Crippen LogP contribution in [-0.4, -0.2) is 36.2 Å². The summed E-state index contributed by atoms with van der Waals surface area (Å²) < 4.78 is 10.7. The molecular weight excluding hydrogens is 290 g/mol. The topological polar surface area (TPSA) is 44.5 Å². The summed E-state index contributed by atoms with van der Waals surface area (Å²) in [5.74, 6) is 4.02. The van der Waals surface area contributed by atoms with E-state index in [1.807, 2.05) is 30.0 Å². The van der Waals surface area contributed by atoms with Crippen LogP contribution in [0.3, 0.4) is 0 Å². The van der Waals surface area contributed by atoms with E-state index >= 15 is 0 Å². The fourth-order valence-corrected chi connectivity index (χ4v) is 5.66. The molecule has 0 aliphatic carbocycles. The van der Waals surface area contributed by atoms with E-state index in [-0.39, 0.29) is 6.04 Å². The molecule has 2 rings (SSSR count). The van der Waals surface area contributed by atoms with Crippen molar-refractivity contribution in [2.75, 3.05) is 25.7 Å². The zero-order valence-electron chi connectivity index (χ0n) is 12.3. The maximum absolute atomic E-state index is 6.54. The lowest BCUT2D eigenvalue weighted by Crippen LogP contribution is -2.35. The summed E-state index contributed by atoms with van der Waals surface area (Å²) in [6.45, 7) is 2.25. The van der Waals surface area contributed by atoms with Gasteiger partial charge in [0, 0.05) is 34.1 Å². The van der Waals surface area contributed by atoms with E-state index in [0.29, 0.717) is 10.5 Å². The third-order valence-corrected chi connectivity index (χ3v) is 6.98. The Bertz CT molecular complexity index is 420.